The fourth-order valence-corrected chi connectivity index (χ4v) is 1.67. The van der Waals surface area contributed by atoms with Crippen molar-refractivity contribution in [2.75, 3.05) is 25.0 Å². The van der Waals surface area contributed by atoms with E-state index < -0.39 is 5.91 Å². The first-order valence-corrected chi connectivity index (χ1v) is 6.07. The Labute approximate surface area is 107 Å². The molecule has 1 rings (SSSR count). The standard InChI is InChI=1S/C12H18ClN3O/c1-2-15-6-3-7-16-11-5-4-9(12(14)17)8-10(11)13/h4-5,8,15-16H,2-3,6-7H2,1H3,(H2,14,17). The van der Waals surface area contributed by atoms with Gasteiger partial charge in [0.15, 0.2) is 0 Å². The van der Waals surface area contributed by atoms with Gasteiger partial charge in [-0.05, 0) is 37.7 Å². The van der Waals surface area contributed by atoms with Gasteiger partial charge in [0, 0.05) is 12.1 Å². The monoisotopic (exact) mass is 255 g/mol. The molecule has 4 nitrogen and oxygen atoms in total. The molecule has 1 aromatic rings. The first-order chi connectivity index (χ1) is 8.15. The van der Waals surface area contributed by atoms with E-state index in [4.69, 9.17) is 17.3 Å². The predicted molar refractivity (Wildman–Crippen MR) is 71.6 cm³/mol. The van der Waals surface area contributed by atoms with Gasteiger partial charge in [0.25, 0.3) is 0 Å². The number of amides is 1. The second-order valence-corrected chi connectivity index (χ2v) is 4.10. The van der Waals surface area contributed by atoms with Crippen molar-refractivity contribution in [2.45, 2.75) is 13.3 Å². The van der Waals surface area contributed by atoms with Crippen molar-refractivity contribution in [2.24, 2.45) is 5.73 Å². The van der Waals surface area contributed by atoms with Gasteiger partial charge >= 0.3 is 0 Å². The molecule has 94 valence electrons. The third-order valence-corrected chi connectivity index (χ3v) is 2.66. The van der Waals surface area contributed by atoms with E-state index in [1.165, 1.54) is 0 Å². The number of halogens is 1. The third-order valence-electron chi connectivity index (χ3n) is 2.35. The van der Waals surface area contributed by atoms with Gasteiger partial charge in [0.1, 0.15) is 0 Å². The van der Waals surface area contributed by atoms with Gasteiger partial charge in [-0.25, -0.2) is 0 Å². The molecule has 1 amide bonds. The number of carbonyl (C=O) groups excluding carboxylic acids is 1. The Bertz CT molecular complexity index is 382. The van der Waals surface area contributed by atoms with Crippen LogP contribution in [0.2, 0.25) is 5.02 Å². The van der Waals surface area contributed by atoms with Crippen LogP contribution >= 0.6 is 11.6 Å². The molecule has 0 aliphatic carbocycles. The van der Waals surface area contributed by atoms with E-state index in [1.807, 2.05) is 0 Å². The topological polar surface area (TPSA) is 67.2 Å². The summed E-state index contributed by atoms with van der Waals surface area (Å²) in [6.45, 7) is 4.87. The average Bonchev–Trinajstić information content (AvgIpc) is 2.30. The molecule has 4 N–H and O–H groups in total. The van der Waals surface area contributed by atoms with E-state index in [9.17, 15) is 4.79 Å². The highest BCUT2D eigenvalue weighted by molar-refractivity contribution is 6.33. The fraction of sp³-hybridized carbons (Fsp3) is 0.417. The second kappa shape index (κ2) is 7.14. The number of carbonyl (C=O) groups is 1. The summed E-state index contributed by atoms with van der Waals surface area (Å²) in [5, 5.41) is 6.97. The quantitative estimate of drug-likeness (QED) is 0.652. The Morgan fingerprint density at radius 1 is 1.41 bits per heavy atom. The van der Waals surface area contributed by atoms with Gasteiger partial charge in [0.2, 0.25) is 5.91 Å². The van der Waals surface area contributed by atoms with Crippen LogP contribution in [-0.2, 0) is 0 Å². The molecule has 5 heteroatoms. The Balaban J connectivity index is 2.46. The lowest BCUT2D eigenvalue weighted by Gasteiger charge is -2.09. The van der Waals surface area contributed by atoms with Crippen LogP contribution < -0.4 is 16.4 Å². The largest absolute Gasteiger partial charge is 0.384 e. The second-order valence-electron chi connectivity index (χ2n) is 3.69. The molecule has 0 aliphatic rings. The van der Waals surface area contributed by atoms with E-state index in [1.54, 1.807) is 18.2 Å². The zero-order valence-corrected chi connectivity index (χ0v) is 10.7. The van der Waals surface area contributed by atoms with Gasteiger partial charge < -0.3 is 16.4 Å². The summed E-state index contributed by atoms with van der Waals surface area (Å²) < 4.78 is 0. The van der Waals surface area contributed by atoms with Crippen LogP contribution in [0.4, 0.5) is 5.69 Å². The molecule has 0 aliphatic heterocycles. The van der Waals surface area contributed by atoms with Crippen molar-refractivity contribution >= 4 is 23.2 Å². The van der Waals surface area contributed by atoms with Crippen molar-refractivity contribution in [3.8, 4) is 0 Å². The van der Waals surface area contributed by atoms with Crippen LogP contribution in [0.1, 0.15) is 23.7 Å². The number of nitrogens with one attached hydrogen (secondary N) is 2. The minimum atomic E-state index is -0.467. The molecule has 0 aromatic heterocycles. The molecule has 1 aromatic carbocycles. The van der Waals surface area contributed by atoms with Crippen molar-refractivity contribution in [1.82, 2.24) is 5.32 Å². The maximum atomic E-state index is 10.9. The number of nitrogens with two attached hydrogens (primary N) is 1. The maximum absolute atomic E-state index is 10.9. The number of rotatable bonds is 7. The SMILES string of the molecule is CCNCCCNc1ccc(C(N)=O)cc1Cl. The fourth-order valence-electron chi connectivity index (χ4n) is 1.42. The summed E-state index contributed by atoms with van der Waals surface area (Å²) in [4.78, 5) is 10.9. The normalized spacial score (nSPS) is 10.2. The summed E-state index contributed by atoms with van der Waals surface area (Å²) in [5.41, 5.74) is 6.41. The molecular formula is C12H18ClN3O. The zero-order valence-electron chi connectivity index (χ0n) is 9.92. The van der Waals surface area contributed by atoms with Crippen LogP contribution in [0.3, 0.4) is 0 Å². The lowest BCUT2D eigenvalue weighted by Crippen LogP contribution is -2.17. The lowest BCUT2D eigenvalue weighted by atomic mass is 10.2. The molecule has 0 spiro atoms. The van der Waals surface area contributed by atoms with Crippen LogP contribution in [0, 0.1) is 0 Å². The Hall–Kier alpha value is -1.26. The third kappa shape index (κ3) is 4.63. The number of benzene rings is 1. The van der Waals surface area contributed by atoms with Crippen molar-refractivity contribution in [3.63, 3.8) is 0 Å². The molecule has 0 bridgehead atoms. The summed E-state index contributed by atoms with van der Waals surface area (Å²) in [5.74, 6) is -0.467. The molecule has 0 radical (unpaired) electrons. The summed E-state index contributed by atoms with van der Waals surface area (Å²) in [7, 11) is 0. The first-order valence-electron chi connectivity index (χ1n) is 5.69. The number of primary amides is 1. The Kier molecular flexibility index (Phi) is 5.80. The highest BCUT2D eigenvalue weighted by atomic mass is 35.5. The van der Waals surface area contributed by atoms with E-state index in [2.05, 4.69) is 17.6 Å². The van der Waals surface area contributed by atoms with Crippen LogP contribution in [0.25, 0.3) is 0 Å². The van der Waals surface area contributed by atoms with Gasteiger partial charge in [-0.3, -0.25) is 4.79 Å². The van der Waals surface area contributed by atoms with Crippen LogP contribution in [0.5, 0.6) is 0 Å². The number of hydrogen-bond acceptors (Lipinski definition) is 3. The van der Waals surface area contributed by atoms with Crippen molar-refractivity contribution in [3.05, 3.63) is 28.8 Å². The van der Waals surface area contributed by atoms with Gasteiger partial charge in [-0.1, -0.05) is 18.5 Å². The smallest absolute Gasteiger partial charge is 0.248 e. The van der Waals surface area contributed by atoms with E-state index >= 15 is 0 Å². The van der Waals surface area contributed by atoms with E-state index in [0.717, 1.165) is 31.7 Å². The minimum Gasteiger partial charge on any atom is -0.384 e. The Morgan fingerprint density at radius 3 is 2.76 bits per heavy atom. The highest BCUT2D eigenvalue weighted by Crippen LogP contribution is 2.22. The van der Waals surface area contributed by atoms with Crippen molar-refractivity contribution in [1.29, 1.82) is 0 Å². The average molecular weight is 256 g/mol. The molecular weight excluding hydrogens is 238 g/mol. The van der Waals surface area contributed by atoms with Crippen LogP contribution in [0.15, 0.2) is 18.2 Å². The van der Waals surface area contributed by atoms with E-state index in [-0.39, 0.29) is 0 Å². The molecule has 0 heterocycles. The molecule has 0 saturated heterocycles. The number of anilines is 1. The first kappa shape index (κ1) is 13.8. The highest BCUT2D eigenvalue weighted by Gasteiger charge is 2.04. The van der Waals surface area contributed by atoms with Gasteiger partial charge in [0.05, 0.1) is 10.7 Å². The summed E-state index contributed by atoms with van der Waals surface area (Å²) in [6.07, 6.45) is 1.02. The molecule has 0 fully saturated rings. The molecule has 17 heavy (non-hydrogen) atoms. The van der Waals surface area contributed by atoms with Crippen LogP contribution in [-0.4, -0.2) is 25.5 Å². The zero-order chi connectivity index (χ0) is 12.7. The maximum Gasteiger partial charge on any atom is 0.248 e. The molecule has 0 atom stereocenters. The minimum absolute atomic E-state index is 0.424. The van der Waals surface area contributed by atoms with Gasteiger partial charge in [-0.2, -0.15) is 0 Å². The summed E-state index contributed by atoms with van der Waals surface area (Å²) >= 11 is 6.03. The predicted octanol–water partition coefficient (Wildman–Crippen LogP) is 1.85. The summed E-state index contributed by atoms with van der Waals surface area (Å²) in [6, 6.07) is 5.02. The molecule has 0 unspecified atom stereocenters. The lowest BCUT2D eigenvalue weighted by molar-refractivity contribution is 0.100. The van der Waals surface area contributed by atoms with Crippen molar-refractivity contribution < 1.29 is 4.79 Å². The Morgan fingerprint density at radius 2 is 2.18 bits per heavy atom. The van der Waals surface area contributed by atoms with Gasteiger partial charge in [-0.15, -0.1) is 0 Å². The number of hydrogen-bond donors (Lipinski definition) is 3. The molecule has 0 saturated carbocycles. The van der Waals surface area contributed by atoms with E-state index in [0.29, 0.717) is 10.6 Å².